The Hall–Kier alpha value is -2.62. The summed E-state index contributed by atoms with van der Waals surface area (Å²) in [5, 5.41) is 19.9. The van der Waals surface area contributed by atoms with E-state index in [9.17, 15) is 9.90 Å². The maximum absolute atomic E-state index is 13.7. The van der Waals surface area contributed by atoms with Gasteiger partial charge in [-0.05, 0) is 47.8 Å². The Morgan fingerprint density at radius 2 is 1.59 bits per heavy atom. The molecule has 2 N–H and O–H groups in total. The van der Waals surface area contributed by atoms with Crippen LogP contribution in [0.5, 0.6) is 5.75 Å². The normalized spacial score (nSPS) is 19.0. The molecule has 0 aromatic heterocycles. The lowest BCUT2D eigenvalue weighted by atomic mass is 9.78. The number of benzene rings is 2. The number of hydrogen-bond acceptors (Lipinski definition) is 3. The van der Waals surface area contributed by atoms with Crippen molar-refractivity contribution in [2.45, 2.75) is 91.0 Å². The summed E-state index contributed by atoms with van der Waals surface area (Å²) in [4.78, 5) is 15.7. The Morgan fingerprint density at radius 3 is 2.09 bits per heavy atom. The predicted molar refractivity (Wildman–Crippen MR) is 141 cm³/mol. The molecular weight excluding hydrogens is 420 g/mol. The van der Waals surface area contributed by atoms with Gasteiger partial charge in [0.05, 0.1) is 12.4 Å². The number of aromatic hydroxyl groups is 1. The van der Waals surface area contributed by atoms with Crippen molar-refractivity contribution in [1.82, 2.24) is 4.90 Å². The molecule has 0 spiro atoms. The van der Waals surface area contributed by atoms with Crippen LogP contribution in [-0.4, -0.2) is 34.2 Å². The van der Waals surface area contributed by atoms with Crippen LogP contribution < -0.4 is 0 Å². The molecule has 34 heavy (non-hydrogen) atoms. The van der Waals surface area contributed by atoms with Crippen molar-refractivity contribution >= 4 is 11.6 Å². The molecule has 2 atom stereocenters. The predicted octanol–water partition coefficient (Wildman–Crippen LogP) is 6.88. The van der Waals surface area contributed by atoms with Crippen molar-refractivity contribution in [2.75, 3.05) is 6.54 Å². The first-order chi connectivity index (χ1) is 15.8. The van der Waals surface area contributed by atoms with Crippen molar-refractivity contribution in [1.29, 1.82) is 5.41 Å². The number of amidine groups is 1. The molecule has 0 radical (unpaired) electrons. The second kappa shape index (κ2) is 9.93. The van der Waals surface area contributed by atoms with Gasteiger partial charge in [0.15, 0.2) is 5.78 Å². The molecule has 0 saturated carbocycles. The smallest absolute Gasteiger partial charge is 0.182 e. The molecule has 1 aliphatic rings. The van der Waals surface area contributed by atoms with Gasteiger partial charge < -0.3 is 10.0 Å². The van der Waals surface area contributed by atoms with Gasteiger partial charge in [0.1, 0.15) is 5.75 Å². The highest BCUT2D eigenvalue weighted by atomic mass is 16.3. The van der Waals surface area contributed by atoms with Crippen molar-refractivity contribution in [3.05, 3.63) is 64.7 Å². The lowest BCUT2D eigenvalue weighted by Crippen LogP contribution is -2.39. The molecule has 1 aliphatic heterocycles. The SMILES string of the molecule is CCCC1CC(Cc2ccccc2)N(CC(=O)c2cc(C(C)(C)C)c(O)c(C(C)(C)C)c2)C1=N. The maximum atomic E-state index is 13.7. The van der Waals surface area contributed by atoms with Crippen molar-refractivity contribution in [3.63, 3.8) is 0 Å². The average Bonchev–Trinajstić information content (AvgIpc) is 3.02. The number of nitrogens with zero attached hydrogens (tertiary/aromatic N) is 1. The third-order valence-electron chi connectivity index (χ3n) is 7.01. The van der Waals surface area contributed by atoms with Crippen LogP contribution in [0.25, 0.3) is 0 Å². The Kier molecular flexibility index (Phi) is 7.59. The molecule has 3 rings (SSSR count). The van der Waals surface area contributed by atoms with Crippen LogP contribution in [0.4, 0.5) is 0 Å². The average molecular weight is 463 g/mol. The number of ketones is 1. The van der Waals surface area contributed by atoms with Crippen LogP contribution in [0.2, 0.25) is 0 Å². The van der Waals surface area contributed by atoms with Crippen LogP contribution in [0.1, 0.15) is 94.8 Å². The fourth-order valence-corrected chi connectivity index (χ4v) is 5.08. The van der Waals surface area contributed by atoms with Gasteiger partial charge in [-0.1, -0.05) is 85.2 Å². The zero-order valence-corrected chi connectivity index (χ0v) is 22.0. The summed E-state index contributed by atoms with van der Waals surface area (Å²) in [6.45, 7) is 14.7. The van der Waals surface area contributed by atoms with E-state index < -0.39 is 0 Å². The minimum atomic E-state index is -0.289. The fraction of sp³-hybridized carbons (Fsp3) is 0.533. The highest BCUT2D eigenvalue weighted by molar-refractivity contribution is 6.01. The van der Waals surface area contributed by atoms with Crippen molar-refractivity contribution in [3.8, 4) is 5.75 Å². The number of nitrogens with one attached hydrogen (secondary N) is 1. The first-order valence-corrected chi connectivity index (χ1v) is 12.6. The molecule has 0 bridgehead atoms. The highest BCUT2D eigenvalue weighted by Gasteiger charge is 2.37. The van der Waals surface area contributed by atoms with E-state index in [4.69, 9.17) is 5.41 Å². The van der Waals surface area contributed by atoms with Crippen molar-refractivity contribution < 1.29 is 9.90 Å². The number of phenolic OH excluding ortho intramolecular Hbond substituents is 1. The quantitative estimate of drug-likeness (QED) is 0.441. The van der Waals surface area contributed by atoms with Gasteiger partial charge in [-0.15, -0.1) is 0 Å². The number of rotatable bonds is 7. The fourth-order valence-electron chi connectivity index (χ4n) is 5.08. The number of phenols is 1. The van der Waals surface area contributed by atoms with E-state index in [0.717, 1.165) is 36.8 Å². The maximum Gasteiger partial charge on any atom is 0.182 e. The van der Waals surface area contributed by atoms with E-state index in [2.05, 4.69) is 60.6 Å². The molecule has 184 valence electrons. The van der Waals surface area contributed by atoms with Gasteiger partial charge in [0, 0.05) is 28.7 Å². The van der Waals surface area contributed by atoms with E-state index in [0.29, 0.717) is 11.4 Å². The third-order valence-corrected chi connectivity index (χ3v) is 7.01. The lowest BCUT2D eigenvalue weighted by Gasteiger charge is -2.29. The second-order valence-corrected chi connectivity index (χ2v) is 11.9. The Labute approximate surface area is 205 Å². The molecule has 2 aromatic rings. The topological polar surface area (TPSA) is 64.4 Å². The molecule has 1 fully saturated rings. The third kappa shape index (κ3) is 5.71. The summed E-state index contributed by atoms with van der Waals surface area (Å²) >= 11 is 0. The number of hydrogen-bond donors (Lipinski definition) is 2. The van der Waals surface area contributed by atoms with Gasteiger partial charge in [0.2, 0.25) is 0 Å². The van der Waals surface area contributed by atoms with Gasteiger partial charge in [-0.3, -0.25) is 10.2 Å². The highest BCUT2D eigenvalue weighted by Crippen LogP contribution is 2.40. The first kappa shape index (κ1) is 26.0. The monoisotopic (exact) mass is 462 g/mol. The zero-order valence-electron chi connectivity index (χ0n) is 22.0. The largest absolute Gasteiger partial charge is 0.507 e. The molecular formula is C30H42N2O2. The van der Waals surface area contributed by atoms with E-state index >= 15 is 0 Å². The Bertz CT molecular complexity index is 993. The van der Waals surface area contributed by atoms with Gasteiger partial charge in [0.25, 0.3) is 0 Å². The van der Waals surface area contributed by atoms with Crippen LogP contribution >= 0.6 is 0 Å². The summed E-state index contributed by atoms with van der Waals surface area (Å²) < 4.78 is 0. The van der Waals surface area contributed by atoms with Gasteiger partial charge in [-0.25, -0.2) is 0 Å². The first-order valence-electron chi connectivity index (χ1n) is 12.6. The summed E-state index contributed by atoms with van der Waals surface area (Å²) in [6, 6.07) is 14.2. The molecule has 2 unspecified atom stereocenters. The minimum Gasteiger partial charge on any atom is -0.507 e. The van der Waals surface area contributed by atoms with Gasteiger partial charge in [-0.2, -0.15) is 0 Å². The number of Topliss-reactive ketones (excluding diaryl/α,β-unsaturated/α-hetero) is 1. The van der Waals surface area contributed by atoms with E-state index in [1.165, 1.54) is 5.56 Å². The van der Waals surface area contributed by atoms with Crippen LogP contribution in [0, 0.1) is 11.3 Å². The molecule has 4 heteroatoms. The number of likely N-dealkylation sites (tertiary alicyclic amines) is 1. The Balaban J connectivity index is 1.94. The molecule has 1 heterocycles. The second-order valence-electron chi connectivity index (χ2n) is 11.9. The molecule has 2 aromatic carbocycles. The summed E-state index contributed by atoms with van der Waals surface area (Å²) in [5.41, 5.74) is 2.88. The summed E-state index contributed by atoms with van der Waals surface area (Å²) in [7, 11) is 0. The van der Waals surface area contributed by atoms with Crippen LogP contribution in [0.15, 0.2) is 42.5 Å². The van der Waals surface area contributed by atoms with Crippen LogP contribution in [-0.2, 0) is 17.3 Å². The zero-order chi connectivity index (χ0) is 25.3. The molecule has 1 saturated heterocycles. The van der Waals surface area contributed by atoms with Crippen LogP contribution in [0.3, 0.4) is 0 Å². The lowest BCUT2D eigenvalue weighted by molar-refractivity contribution is 0.0951. The Morgan fingerprint density at radius 1 is 1.03 bits per heavy atom. The van der Waals surface area contributed by atoms with E-state index in [-0.39, 0.29) is 40.9 Å². The summed E-state index contributed by atoms with van der Waals surface area (Å²) in [6.07, 6.45) is 3.78. The molecule has 0 aliphatic carbocycles. The van der Waals surface area contributed by atoms with E-state index in [1.807, 2.05) is 35.2 Å². The standard InChI is InChI=1S/C30H42N2O2/c1-8-12-21-16-23(15-20-13-10-9-11-14-20)32(28(21)31)19-26(33)22-17-24(29(2,3)4)27(34)25(18-22)30(5,6)7/h9-11,13-14,17-18,21,23,31,34H,8,12,15-16,19H2,1-7H3. The molecule has 4 nitrogen and oxygen atoms in total. The molecule has 0 amide bonds. The minimum absolute atomic E-state index is 0.0101. The number of carbonyl (C=O) groups excluding carboxylic acids is 1. The van der Waals surface area contributed by atoms with Crippen molar-refractivity contribution in [2.24, 2.45) is 5.92 Å². The summed E-state index contributed by atoms with van der Waals surface area (Å²) in [5.74, 6) is 1.11. The van der Waals surface area contributed by atoms with E-state index in [1.54, 1.807) is 0 Å². The number of carbonyl (C=O) groups is 1. The van der Waals surface area contributed by atoms with Gasteiger partial charge >= 0.3 is 0 Å².